The van der Waals surface area contributed by atoms with Crippen LogP contribution in [0.15, 0.2) is 24.3 Å². The molecule has 1 aromatic heterocycles. The van der Waals surface area contributed by atoms with E-state index in [0.717, 1.165) is 10.3 Å². The van der Waals surface area contributed by atoms with E-state index in [-0.39, 0.29) is 0 Å². The highest BCUT2D eigenvalue weighted by atomic mass is 32.1. The first-order valence-corrected chi connectivity index (χ1v) is 5.85. The average Bonchev–Trinajstić information content (AvgIpc) is 2.58. The number of carboxylic acid groups (broad SMARTS) is 1. The van der Waals surface area contributed by atoms with Crippen molar-refractivity contribution in [2.75, 3.05) is 0 Å². The number of nitrogens with two attached hydrogens (primary N) is 1. The second-order valence-corrected chi connectivity index (χ2v) is 5.07. The van der Waals surface area contributed by atoms with Gasteiger partial charge in [-0.2, -0.15) is 0 Å². The highest BCUT2D eigenvalue weighted by Gasteiger charge is 2.13. The van der Waals surface area contributed by atoms with Gasteiger partial charge in [0.15, 0.2) is 0 Å². The van der Waals surface area contributed by atoms with Crippen molar-refractivity contribution >= 4 is 27.4 Å². The minimum absolute atomic E-state index is 0.397. The molecule has 0 aliphatic heterocycles. The third-order valence-electron chi connectivity index (χ3n) is 2.46. The van der Waals surface area contributed by atoms with Gasteiger partial charge >= 0.3 is 5.97 Å². The van der Waals surface area contributed by atoms with Gasteiger partial charge in [0, 0.05) is 16.0 Å². The van der Waals surface area contributed by atoms with Crippen molar-refractivity contribution in [1.29, 1.82) is 0 Å². The Morgan fingerprint density at radius 2 is 2.25 bits per heavy atom. The quantitative estimate of drug-likeness (QED) is 0.857. The van der Waals surface area contributed by atoms with Crippen molar-refractivity contribution in [3.05, 3.63) is 34.7 Å². The summed E-state index contributed by atoms with van der Waals surface area (Å²) in [5.74, 6) is -0.950. The SMILES string of the molecule is Cc1ccc2sc(CC(N)C(=O)O)cc2c1. The molecule has 0 aliphatic rings. The van der Waals surface area contributed by atoms with Gasteiger partial charge in [-0.15, -0.1) is 11.3 Å². The Kier molecular flexibility index (Phi) is 2.94. The number of rotatable bonds is 3. The fourth-order valence-corrected chi connectivity index (χ4v) is 2.73. The molecule has 0 saturated carbocycles. The van der Waals surface area contributed by atoms with Crippen molar-refractivity contribution < 1.29 is 9.90 Å². The molecule has 2 aromatic rings. The summed E-state index contributed by atoms with van der Waals surface area (Å²) >= 11 is 1.61. The van der Waals surface area contributed by atoms with Crippen molar-refractivity contribution in [2.45, 2.75) is 19.4 Å². The van der Waals surface area contributed by atoms with Crippen LogP contribution in [0, 0.1) is 6.92 Å². The summed E-state index contributed by atoms with van der Waals surface area (Å²) in [4.78, 5) is 11.7. The number of benzene rings is 1. The first-order valence-electron chi connectivity index (χ1n) is 5.04. The van der Waals surface area contributed by atoms with Crippen molar-refractivity contribution in [3.8, 4) is 0 Å². The fourth-order valence-electron chi connectivity index (χ4n) is 1.62. The molecule has 0 amide bonds. The third kappa shape index (κ3) is 2.23. The topological polar surface area (TPSA) is 63.3 Å². The molecule has 1 heterocycles. The van der Waals surface area contributed by atoms with Crippen molar-refractivity contribution in [3.63, 3.8) is 0 Å². The summed E-state index contributed by atoms with van der Waals surface area (Å²) in [5.41, 5.74) is 6.72. The van der Waals surface area contributed by atoms with Crippen LogP contribution in [-0.4, -0.2) is 17.1 Å². The van der Waals surface area contributed by atoms with Crippen LogP contribution in [0.4, 0.5) is 0 Å². The predicted octanol–water partition coefficient (Wildman–Crippen LogP) is 2.16. The zero-order valence-electron chi connectivity index (χ0n) is 8.93. The lowest BCUT2D eigenvalue weighted by Crippen LogP contribution is -2.31. The fraction of sp³-hybridized carbons (Fsp3) is 0.250. The maximum atomic E-state index is 10.7. The molecule has 0 radical (unpaired) electrons. The average molecular weight is 235 g/mol. The van der Waals surface area contributed by atoms with Crippen LogP contribution < -0.4 is 5.73 Å². The van der Waals surface area contributed by atoms with Gasteiger partial charge in [-0.05, 0) is 24.4 Å². The molecule has 1 atom stereocenters. The number of fused-ring (bicyclic) bond motifs is 1. The van der Waals surface area contributed by atoms with Crippen LogP contribution in [-0.2, 0) is 11.2 Å². The second-order valence-electron chi connectivity index (χ2n) is 3.90. The van der Waals surface area contributed by atoms with Gasteiger partial charge in [-0.25, -0.2) is 0 Å². The lowest BCUT2D eigenvalue weighted by Gasteiger charge is -2.02. The summed E-state index contributed by atoms with van der Waals surface area (Å²) < 4.78 is 1.18. The van der Waals surface area contributed by atoms with Crippen molar-refractivity contribution in [1.82, 2.24) is 0 Å². The van der Waals surface area contributed by atoms with Gasteiger partial charge in [0.25, 0.3) is 0 Å². The van der Waals surface area contributed by atoms with Crippen LogP contribution in [0.1, 0.15) is 10.4 Å². The van der Waals surface area contributed by atoms with E-state index in [4.69, 9.17) is 10.8 Å². The maximum absolute atomic E-state index is 10.7. The van der Waals surface area contributed by atoms with Gasteiger partial charge in [0.2, 0.25) is 0 Å². The molecule has 1 aromatic carbocycles. The standard InChI is InChI=1S/C12H13NO2S/c1-7-2-3-11-8(4-7)5-9(16-11)6-10(13)12(14)15/h2-5,10H,6,13H2,1H3,(H,14,15). The predicted molar refractivity (Wildman–Crippen MR) is 65.9 cm³/mol. The Morgan fingerprint density at radius 3 is 2.94 bits per heavy atom. The van der Waals surface area contributed by atoms with E-state index >= 15 is 0 Å². The first-order chi connectivity index (χ1) is 7.56. The minimum Gasteiger partial charge on any atom is -0.480 e. The van der Waals surface area contributed by atoms with E-state index < -0.39 is 12.0 Å². The Hall–Kier alpha value is -1.39. The van der Waals surface area contributed by atoms with Crippen LogP contribution in [0.25, 0.3) is 10.1 Å². The van der Waals surface area contributed by atoms with E-state index in [2.05, 4.69) is 18.2 Å². The number of aryl methyl sites for hydroxylation is 1. The largest absolute Gasteiger partial charge is 0.480 e. The molecule has 3 N–H and O–H groups in total. The number of carboxylic acids is 1. The lowest BCUT2D eigenvalue weighted by atomic mass is 10.1. The number of hydrogen-bond acceptors (Lipinski definition) is 3. The van der Waals surface area contributed by atoms with Crippen LogP contribution >= 0.6 is 11.3 Å². The highest BCUT2D eigenvalue weighted by Crippen LogP contribution is 2.27. The van der Waals surface area contributed by atoms with E-state index in [1.807, 2.05) is 13.0 Å². The Balaban J connectivity index is 2.29. The molecule has 0 fully saturated rings. The Labute approximate surface area is 97.5 Å². The summed E-state index contributed by atoms with van der Waals surface area (Å²) in [5, 5.41) is 9.91. The third-order valence-corrected chi connectivity index (χ3v) is 3.60. The molecule has 84 valence electrons. The molecule has 2 rings (SSSR count). The molecular formula is C12H13NO2S. The molecular weight excluding hydrogens is 222 g/mol. The second kappa shape index (κ2) is 4.23. The summed E-state index contributed by atoms with van der Waals surface area (Å²) in [7, 11) is 0. The van der Waals surface area contributed by atoms with E-state index in [9.17, 15) is 4.79 Å². The van der Waals surface area contributed by atoms with Gasteiger partial charge < -0.3 is 10.8 Å². The summed E-state index contributed by atoms with van der Waals surface area (Å²) in [6.45, 7) is 2.04. The minimum atomic E-state index is -0.950. The maximum Gasteiger partial charge on any atom is 0.320 e. The summed E-state index contributed by atoms with van der Waals surface area (Å²) in [6, 6.07) is 7.43. The smallest absolute Gasteiger partial charge is 0.320 e. The van der Waals surface area contributed by atoms with E-state index in [0.29, 0.717) is 6.42 Å². The van der Waals surface area contributed by atoms with Gasteiger partial charge in [-0.3, -0.25) is 4.79 Å². The molecule has 0 spiro atoms. The van der Waals surface area contributed by atoms with Gasteiger partial charge in [0.05, 0.1) is 0 Å². The zero-order valence-corrected chi connectivity index (χ0v) is 9.75. The Morgan fingerprint density at radius 1 is 1.50 bits per heavy atom. The van der Waals surface area contributed by atoms with Gasteiger partial charge in [-0.1, -0.05) is 17.7 Å². The highest BCUT2D eigenvalue weighted by molar-refractivity contribution is 7.19. The number of thiophene rings is 1. The normalized spacial score (nSPS) is 12.9. The Bertz CT molecular complexity index is 533. The zero-order chi connectivity index (χ0) is 11.7. The van der Waals surface area contributed by atoms with Crippen molar-refractivity contribution in [2.24, 2.45) is 5.73 Å². The monoisotopic (exact) mass is 235 g/mol. The molecule has 16 heavy (non-hydrogen) atoms. The number of carbonyl (C=O) groups is 1. The molecule has 4 heteroatoms. The first kappa shape index (κ1) is 11.1. The van der Waals surface area contributed by atoms with Crippen LogP contribution in [0.5, 0.6) is 0 Å². The number of hydrogen-bond donors (Lipinski definition) is 2. The summed E-state index contributed by atoms with van der Waals surface area (Å²) in [6.07, 6.45) is 0.397. The number of aliphatic carboxylic acids is 1. The molecule has 1 unspecified atom stereocenters. The molecule has 0 aliphatic carbocycles. The van der Waals surface area contributed by atoms with Crippen LogP contribution in [0.3, 0.4) is 0 Å². The van der Waals surface area contributed by atoms with E-state index in [1.54, 1.807) is 11.3 Å². The van der Waals surface area contributed by atoms with Crippen LogP contribution in [0.2, 0.25) is 0 Å². The molecule has 0 saturated heterocycles. The molecule has 0 bridgehead atoms. The van der Waals surface area contributed by atoms with E-state index in [1.165, 1.54) is 10.3 Å². The molecule has 3 nitrogen and oxygen atoms in total. The lowest BCUT2D eigenvalue weighted by molar-refractivity contribution is -0.138. The van der Waals surface area contributed by atoms with Gasteiger partial charge in [0.1, 0.15) is 6.04 Å².